The zero-order valence-electron chi connectivity index (χ0n) is 17.5. The number of alkyl halides is 3. The largest absolute Gasteiger partial charge is 0.488 e. The van der Waals surface area contributed by atoms with Gasteiger partial charge in [0.15, 0.2) is 0 Å². The van der Waals surface area contributed by atoms with Crippen molar-refractivity contribution in [2.75, 3.05) is 0 Å². The van der Waals surface area contributed by atoms with Crippen LogP contribution in [0.3, 0.4) is 0 Å². The lowest BCUT2D eigenvalue weighted by Gasteiger charge is -2.37. The van der Waals surface area contributed by atoms with Crippen LogP contribution in [-0.2, 0) is 4.79 Å². The molecule has 5 nitrogen and oxygen atoms in total. The van der Waals surface area contributed by atoms with Crippen LogP contribution in [0.4, 0.5) is 13.2 Å². The van der Waals surface area contributed by atoms with Crippen LogP contribution in [0.1, 0.15) is 45.4 Å². The van der Waals surface area contributed by atoms with E-state index in [1.165, 1.54) is 0 Å². The van der Waals surface area contributed by atoms with Gasteiger partial charge in [0.2, 0.25) is 5.91 Å². The number of halogens is 3. The van der Waals surface area contributed by atoms with Crippen LogP contribution in [-0.4, -0.2) is 41.3 Å². The van der Waals surface area contributed by atoms with E-state index in [1.807, 2.05) is 30.3 Å². The first-order chi connectivity index (χ1) is 14.8. The van der Waals surface area contributed by atoms with Crippen molar-refractivity contribution in [3.63, 3.8) is 0 Å². The number of aromatic nitrogens is 1. The molecule has 0 spiro atoms. The number of ether oxygens (including phenoxy) is 1. The van der Waals surface area contributed by atoms with Gasteiger partial charge in [0, 0.05) is 29.6 Å². The van der Waals surface area contributed by atoms with Gasteiger partial charge in [-0.1, -0.05) is 18.2 Å². The fourth-order valence-corrected chi connectivity index (χ4v) is 4.40. The first-order valence-corrected chi connectivity index (χ1v) is 10.9. The number of rotatable bonds is 6. The zero-order chi connectivity index (χ0) is 22.0. The van der Waals surface area contributed by atoms with Gasteiger partial charge in [0.25, 0.3) is 0 Å². The van der Waals surface area contributed by atoms with Crippen LogP contribution in [0, 0.1) is 5.92 Å². The Morgan fingerprint density at radius 3 is 2.48 bits per heavy atom. The molecule has 0 aliphatic heterocycles. The molecule has 2 N–H and O–H groups in total. The van der Waals surface area contributed by atoms with Crippen molar-refractivity contribution in [3.8, 4) is 5.75 Å². The molecule has 2 aromatic rings. The Kier molecular flexibility index (Phi) is 6.36. The molecule has 168 valence electrons. The average molecular weight is 435 g/mol. The highest BCUT2D eigenvalue weighted by Crippen LogP contribution is 2.34. The Morgan fingerprint density at radius 2 is 1.77 bits per heavy atom. The minimum atomic E-state index is -4.23. The van der Waals surface area contributed by atoms with Crippen LogP contribution in [0.15, 0.2) is 36.5 Å². The second-order valence-corrected chi connectivity index (χ2v) is 8.73. The number of nitrogens with one attached hydrogen (secondary N) is 2. The maximum atomic E-state index is 12.7. The van der Waals surface area contributed by atoms with E-state index in [-0.39, 0.29) is 30.0 Å². The maximum absolute atomic E-state index is 12.7. The number of hydrogen-bond donors (Lipinski definition) is 2. The number of pyridine rings is 1. The van der Waals surface area contributed by atoms with Gasteiger partial charge < -0.3 is 15.4 Å². The molecule has 0 bridgehead atoms. The molecular formula is C23H28F3N3O2. The summed E-state index contributed by atoms with van der Waals surface area (Å²) >= 11 is 0. The number of nitrogens with zero attached hydrogens (tertiary/aromatic N) is 1. The first-order valence-electron chi connectivity index (χ1n) is 10.9. The van der Waals surface area contributed by atoms with Crippen LogP contribution in [0.2, 0.25) is 0 Å². The first kappa shape index (κ1) is 21.9. The van der Waals surface area contributed by atoms with E-state index in [0.29, 0.717) is 38.5 Å². The number of hydrogen-bond acceptors (Lipinski definition) is 4. The predicted molar refractivity (Wildman–Crippen MR) is 112 cm³/mol. The summed E-state index contributed by atoms with van der Waals surface area (Å²) in [5.74, 6) is 0.686. The van der Waals surface area contributed by atoms with E-state index in [1.54, 1.807) is 6.20 Å². The molecule has 1 aromatic heterocycles. The van der Waals surface area contributed by atoms with Gasteiger partial charge >= 0.3 is 6.18 Å². The number of carbonyl (C=O) groups excluding carboxylic acids is 1. The average Bonchev–Trinajstić information content (AvgIpc) is 2.71. The van der Waals surface area contributed by atoms with Gasteiger partial charge in [-0.15, -0.1) is 0 Å². The topological polar surface area (TPSA) is 63.2 Å². The molecule has 4 rings (SSSR count). The molecule has 1 amide bonds. The lowest BCUT2D eigenvalue weighted by Crippen LogP contribution is -2.50. The second-order valence-electron chi connectivity index (χ2n) is 8.73. The Balaban J connectivity index is 1.19. The molecule has 0 radical (unpaired) electrons. The van der Waals surface area contributed by atoms with Crippen LogP contribution in [0.5, 0.6) is 5.75 Å². The number of fused-ring (bicyclic) bond motifs is 1. The molecule has 1 aromatic carbocycles. The summed E-state index contributed by atoms with van der Waals surface area (Å²) < 4.78 is 44.2. The van der Waals surface area contributed by atoms with Crippen molar-refractivity contribution >= 4 is 16.8 Å². The Bertz CT molecular complexity index is 901. The lowest BCUT2D eigenvalue weighted by atomic mass is 9.81. The van der Waals surface area contributed by atoms with E-state index in [4.69, 9.17) is 4.74 Å². The Morgan fingerprint density at radius 1 is 1.10 bits per heavy atom. The third kappa shape index (κ3) is 5.29. The molecule has 2 aliphatic rings. The fraction of sp³-hybridized carbons (Fsp3) is 0.565. The van der Waals surface area contributed by atoms with Gasteiger partial charge in [-0.05, 0) is 57.6 Å². The number of carbonyl (C=O) groups is 1. The molecule has 8 heteroatoms. The molecule has 1 heterocycles. The van der Waals surface area contributed by atoms with Crippen LogP contribution in [0.25, 0.3) is 10.9 Å². The standard InChI is InChI=1S/C23H28F3N3O2/c1-14(23(24,25)26)28-17-7-9-18(10-8-17)29-22(30)16-12-19(13-16)31-20-6-2-4-15-5-3-11-27-21(15)20/h2-6,11,14,16-19,28H,7-10,12-13H2,1H3,(H,29,30). The van der Waals surface area contributed by atoms with Gasteiger partial charge in [0.05, 0.1) is 0 Å². The zero-order valence-corrected chi connectivity index (χ0v) is 17.5. The van der Waals surface area contributed by atoms with E-state index in [2.05, 4.69) is 15.6 Å². The number of amides is 1. The highest BCUT2D eigenvalue weighted by Gasteiger charge is 2.39. The van der Waals surface area contributed by atoms with E-state index < -0.39 is 12.2 Å². The normalized spacial score (nSPS) is 27.4. The third-order valence-corrected chi connectivity index (χ3v) is 6.41. The summed E-state index contributed by atoms with van der Waals surface area (Å²) in [6.07, 6.45) is 1.49. The molecule has 0 saturated heterocycles. The highest BCUT2D eigenvalue weighted by molar-refractivity contribution is 5.84. The van der Waals surface area contributed by atoms with Gasteiger partial charge in [-0.2, -0.15) is 13.2 Å². The Labute approximate surface area is 179 Å². The van der Waals surface area contributed by atoms with Crippen molar-refractivity contribution in [3.05, 3.63) is 36.5 Å². The summed E-state index contributed by atoms with van der Waals surface area (Å²) in [7, 11) is 0. The summed E-state index contributed by atoms with van der Waals surface area (Å²) in [6, 6.07) is 8.07. The van der Waals surface area contributed by atoms with Crippen LogP contribution < -0.4 is 15.4 Å². The van der Waals surface area contributed by atoms with Crippen molar-refractivity contribution in [2.45, 2.75) is 75.9 Å². The molecular weight excluding hydrogens is 407 g/mol. The SMILES string of the molecule is CC(NC1CCC(NC(=O)C2CC(Oc3cccc4cccnc34)C2)CC1)C(F)(F)F. The Hall–Kier alpha value is -2.35. The molecule has 1 atom stereocenters. The highest BCUT2D eigenvalue weighted by atomic mass is 19.4. The van der Waals surface area contributed by atoms with E-state index >= 15 is 0 Å². The second kappa shape index (κ2) is 9.02. The molecule has 2 saturated carbocycles. The van der Waals surface area contributed by atoms with Crippen molar-refractivity contribution < 1.29 is 22.7 Å². The van der Waals surface area contributed by atoms with Crippen molar-refractivity contribution in [1.82, 2.24) is 15.6 Å². The molecule has 2 fully saturated rings. The number of para-hydroxylation sites is 1. The van der Waals surface area contributed by atoms with Gasteiger partial charge in [-0.3, -0.25) is 9.78 Å². The third-order valence-electron chi connectivity index (χ3n) is 6.41. The lowest BCUT2D eigenvalue weighted by molar-refractivity contribution is -0.153. The van der Waals surface area contributed by atoms with Crippen molar-refractivity contribution in [2.24, 2.45) is 5.92 Å². The minimum Gasteiger partial charge on any atom is -0.488 e. The van der Waals surface area contributed by atoms with Crippen LogP contribution >= 0.6 is 0 Å². The number of benzene rings is 1. The molecule has 31 heavy (non-hydrogen) atoms. The smallest absolute Gasteiger partial charge is 0.403 e. The molecule has 2 aliphatic carbocycles. The minimum absolute atomic E-state index is 0.00727. The fourth-order valence-electron chi connectivity index (χ4n) is 4.40. The summed E-state index contributed by atoms with van der Waals surface area (Å²) in [5.41, 5.74) is 0.822. The predicted octanol–water partition coefficient (Wildman–Crippen LogP) is 4.36. The summed E-state index contributed by atoms with van der Waals surface area (Å²) in [4.78, 5) is 16.9. The maximum Gasteiger partial charge on any atom is 0.403 e. The molecule has 1 unspecified atom stereocenters. The monoisotopic (exact) mass is 435 g/mol. The summed E-state index contributed by atoms with van der Waals surface area (Å²) in [5, 5.41) is 6.76. The van der Waals surface area contributed by atoms with E-state index in [9.17, 15) is 18.0 Å². The quantitative estimate of drug-likeness (QED) is 0.708. The van der Waals surface area contributed by atoms with Gasteiger partial charge in [0.1, 0.15) is 23.4 Å². The van der Waals surface area contributed by atoms with E-state index in [0.717, 1.165) is 23.6 Å². The summed E-state index contributed by atoms with van der Waals surface area (Å²) in [6.45, 7) is 1.15. The van der Waals surface area contributed by atoms with Crippen molar-refractivity contribution in [1.29, 1.82) is 0 Å². The van der Waals surface area contributed by atoms with Gasteiger partial charge in [-0.25, -0.2) is 0 Å².